The number of nitro groups is 1. The van der Waals surface area contributed by atoms with Crippen molar-refractivity contribution < 1.29 is 4.92 Å². The van der Waals surface area contributed by atoms with Crippen molar-refractivity contribution in [2.75, 3.05) is 5.32 Å². The Morgan fingerprint density at radius 1 is 1.30 bits per heavy atom. The third-order valence-corrected chi connectivity index (χ3v) is 4.34. The lowest BCUT2D eigenvalue weighted by atomic mass is 9.83. The summed E-state index contributed by atoms with van der Waals surface area (Å²) in [4.78, 5) is 10.8. The van der Waals surface area contributed by atoms with Crippen molar-refractivity contribution in [1.29, 1.82) is 0 Å². The first-order valence-corrected chi connectivity index (χ1v) is 7.62. The molecular weight excluding hydrogens is 252 g/mol. The van der Waals surface area contributed by atoms with Gasteiger partial charge in [0.15, 0.2) is 0 Å². The number of rotatable bonds is 5. The van der Waals surface area contributed by atoms with Crippen LogP contribution in [0.1, 0.15) is 51.0 Å². The second kappa shape index (κ2) is 6.73. The highest BCUT2D eigenvalue weighted by molar-refractivity contribution is 5.66. The normalized spacial score (nSPS) is 22.5. The Labute approximate surface area is 120 Å². The van der Waals surface area contributed by atoms with Crippen molar-refractivity contribution in [3.05, 3.63) is 33.9 Å². The number of hydrogen-bond donors (Lipinski definition) is 1. The molecule has 1 fully saturated rings. The van der Waals surface area contributed by atoms with E-state index in [-0.39, 0.29) is 10.6 Å². The van der Waals surface area contributed by atoms with E-state index in [2.05, 4.69) is 12.2 Å². The van der Waals surface area contributed by atoms with Gasteiger partial charge in [0, 0.05) is 12.1 Å². The van der Waals surface area contributed by atoms with E-state index in [1.165, 1.54) is 25.7 Å². The van der Waals surface area contributed by atoms with E-state index in [1.54, 1.807) is 12.1 Å². The predicted octanol–water partition coefficient (Wildman–Crippen LogP) is 4.67. The minimum absolute atomic E-state index is 0.195. The van der Waals surface area contributed by atoms with Crippen LogP contribution in [0.2, 0.25) is 0 Å². The summed E-state index contributed by atoms with van der Waals surface area (Å²) in [6.07, 6.45) is 7.30. The van der Waals surface area contributed by atoms with Crippen molar-refractivity contribution in [3.63, 3.8) is 0 Å². The number of nitrogens with one attached hydrogen (secondary N) is 1. The Morgan fingerprint density at radius 2 is 2.00 bits per heavy atom. The van der Waals surface area contributed by atoms with Crippen LogP contribution in [0.3, 0.4) is 0 Å². The van der Waals surface area contributed by atoms with Gasteiger partial charge in [-0.25, -0.2) is 0 Å². The summed E-state index contributed by atoms with van der Waals surface area (Å²) < 4.78 is 0. The SMILES string of the molecule is CCCC1CCC(Nc2c(C)cccc2[N+](=O)[O-])CC1. The van der Waals surface area contributed by atoms with Gasteiger partial charge in [0.1, 0.15) is 5.69 Å². The van der Waals surface area contributed by atoms with E-state index in [1.807, 2.05) is 13.0 Å². The zero-order valence-corrected chi connectivity index (χ0v) is 12.4. The number of para-hydroxylation sites is 1. The molecule has 1 aliphatic carbocycles. The lowest BCUT2D eigenvalue weighted by molar-refractivity contribution is -0.384. The predicted molar refractivity (Wildman–Crippen MR) is 82.1 cm³/mol. The lowest BCUT2D eigenvalue weighted by Crippen LogP contribution is -2.26. The Balaban J connectivity index is 2.03. The van der Waals surface area contributed by atoms with Crippen molar-refractivity contribution >= 4 is 11.4 Å². The highest BCUT2D eigenvalue weighted by Crippen LogP contribution is 2.33. The van der Waals surface area contributed by atoms with E-state index in [4.69, 9.17) is 0 Å². The number of anilines is 1. The fourth-order valence-electron chi connectivity index (χ4n) is 3.20. The van der Waals surface area contributed by atoms with Crippen molar-refractivity contribution in [3.8, 4) is 0 Å². The maximum Gasteiger partial charge on any atom is 0.292 e. The standard InChI is InChI=1S/C16H24N2O2/c1-3-5-13-8-10-14(11-9-13)17-16-12(2)6-4-7-15(16)18(19)20/h4,6-7,13-14,17H,3,5,8-11H2,1-2H3. The van der Waals surface area contributed by atoms with E-state index in [9.17, 15) is 10.1 Å². The fourth-order valence-corrected chi connectivity index (χ4v) is 3.20. The molecule has 0 aromatic heterocycles. The lowest BCUT2D eigenvalue weighted by Gasteiger charge is -2.29. The number of nitrogens with zero attached hydrogens (tertiary/aromatic N) is 1. The fraction of sp³-hybridized carbons (Fsp3) is 0.625. The maximum atomic E-state index is 11.1. The molecule has 110 valence electrons. The maximum absolute atomic E-state index is 11.1. The Kier molecular flexibility index (Phi) is 4.99. The Bertz CT molecular complexity index is 466. The summed E-state index contributed by atoms with van der Waals surface area (Å²) in [5.41, 5.74) is 1.85. The van der Waals surface area contributed by atoms with Crippen LogP contribution in [0.15, 0.2) is 18.2 Å². The molecule has 1 saturated carbocycles. The van der Waals surface area contributed by atoms with Gasteiger partial charge in [-0.05, 0) is 44.1 Å². The summed E-state index contributed by atoms with van der Waals surface area (Å²) in [7, 11) is 0. The van der Waals surface area contributed by atoms with Gasteiger partial charge < -0.3 is 5.32 Å². The third-order valence-electron chi connectivity index (χ3n) is 4.34. The summed E-state index contributed by atoms with van der Waals surface area (Å²) >= 11 is 0. The minimum atomic E-state index is -0.294. The Hall–Kier alpha value is -1.58. The summed E-state index contributed by atoms with van der Waals surface area (Å²) in [5, 5.41) is 14.5. The molecule has 0 bridgehead atoms. The van der Waals surface area contributed by atoms with E-state index >= 15 is 0 Å². The monoisotopic (exact) mass is 276 g/mol. The molecule has 0 spiro atoms. The second-order valence-corrected chi connectivity index (χ2v) is 5.88. The van der Waals surface area contributed by atoms with Gasteiger partial charge in [-0.15, -0.1) is 0 Å². The molecule has 0 radical (unpaired) electrons. The highest BCUT2D eigenvalue weighted by atomic mass is 16.6. The third kappa shape index (κ3) is 3.50. The number of hydrogen-bond acceptors (Lipinski definition) is 3. The summed E-state index contributed by atoms with van der Waals surface area (Å²) in [5.74, 6) is 0.852. The molecule has 4 nitrogen and oxygen atoms in total. The van der Waals surface area contributed by atoms with Gasteiger partial charge in [-0.3, -0.25) is 10.1 Å². The molecule has 20 heavy (non-hydrogen) atoms. The molecule has 1 aliphatic rings. The molecule has 0 amide bonds. The van der Waals surface area contributed by atoms with Crippen molar-refractivity contribution in [1.82, 2.24) is 0 Å². The number of nitro benzene ring substituents is 1. The quantitative estimate of drug-likeness (QED) is 0.628. The second-order valence-electron chi connectivity index (χ2n) is 5.88. The van der Waals surface area contributed by atoms with E-state index in [0.29, 0.717) is 11.7 Å². The van der Waals surface area contributed by atoms with Crippen molar-refractivity contribution in [2.45, 2.75) is 58.4 Å². The summed E-state index contributed by atoms with van der Waals surface area (Å²) in [6, 6.07) is 5.63. The largest absolute Gasteiger partial charge is 0.377 e. The van der Waals surface area contributed by atoms with E-state index < -0.39 is 0 Å². The van der Waals surface area contributed by atoms with Gasteiger partial charge in [0.25, 0.3) is 5.69 Å². The molecule has 0 atom stereocenters. The van der Waals surface area contributed by atoms with E-state index in [0.717, 1.165) is 24.3 Å². The highest BCUT2D eigenvalue weighted by Gasteiger charge is 2.23. The van der Waals surface area contributed by atoms with Crippen molar-refractivity contribution in [2.24, 2.45) is 5.92 Å². The average Bonchev–Trinajstić information content (AvgIpc) is 2.43. The van der Waals surface area contributed by atoms with Crippen LogP contribution in [0, 0.1) is 23.0 Å². The first-order valence-electron chi connectivity index (χ1n) is 7.62. The average molecular weight is 276 g/mol. The van der Waals surface area contributed by atoms with Crippen LogP contribution in [-0.2, 0) is 0 Å². The van der Waals surface area contributed by atoms with Gasteiger partial charge in [-0.2, -0.15) is 0 Å². The zero-order chi connectivity index (χ0) is 14.5. The molecule has 2 rings (SSSR count). The Morgan fingerprint density at radius 3 is 2.60 bits per heavy atom. The zero-order valence-electron chi connectivity index (χ0n) is 12.4. The smallest absolute Gasteiger partial charge is 0.292 e. The van der Waals surface area contributed by atoms with Gasteiger partial charge in [0.05, 0.1) is 4.92 Å². The molecule has 1 aromatic rings. The van der Waals surface area contributed by atoms with Crippen LogP contribution in [0.25, 0.3) is 0 Å². The van der Waals surface area contributed by atoms with Gasteiger partial charge in [-0.1, -0.05) is 31.9 Å². The number of aryl methyl sites for hydroxylation is 1. The first kappa shape index (κ1) is 14.8. The molecule has 0 heterocycles. The topological polar surface area (TPSA) is 55.2 Å². The minimum Gasteiger partial charge on any atom is -0.377 e. The molecule has 4 heteroatoms. The molecule has 0 aliphatic heterocycles. The van der Waals surface area contributed by atoms with Gasteiger partial charge >= 0.3 is 0 Å². The van der Waals surface area contributed by atoms with Crippen LogP contribution >= 0.6 is 0 Å². The number of benzene rings is 1. The van der Waals surface area contributed by atoms with Gasteiger partial charge in [0.2, 0.25) is 0 Å². The van der Waals surface area contributed by atoms with Crippen LogP contribution in [-0.4, -0.2) is 11.0 Å². The first-order chi connectivity index (χ1) is 9.61. The van der Waals surface area contributed by atoms with Crippen LogP contribution in [0.5, 0.6) is 0 Å². The molecule has 1 N–H and O–H groups in total. The molecule has 0 saturated heterocycles. The molecular formula is C16H24N2O2. The van der Waals surface area contributed by atoms with Crippen LogP contribution in [0.4, 0.5) is 11.4 Å². The molecule has 1 aromatic carbocycles. The van der Waals surface area contributed by atoms with Crippen LogP contribution < -0.4 is 5.32 Å². The molecule has 0 unspecified atom stereocenters. The summed E-state index contributed by atoms with van der Waals surface area (Å²) in [6.45, 7) is 4.17.